The molecule has 3 aromatic carbocycles. The molecule has 6 rings (SSSR count). The lowest BCUT2D eigenvalue weighted by Gasteiger charge is -2.36. The van der Waals surface area contributed by atoms with Crippen LogP contribution < -0.4 is 19.5 Å². The number of aromatic nitrogens is 2. The van der Waals surface area contributed by atoms with Gasteiger partial charge in [0.1, 0.15) is 0 Å². The number of carbonyl (C=O) groups is 1. The van der Waals surface area contributed by atoms with E-state index in [1.807, 2.05) is 18.2 Å². The van der Waals surface area contributed by atoms with E-state index >= 15 is 0 Å². The molecule has 4 aromatic rings. The van der Waals surface area contributed by atoms with Gasteiger partial charge in [-0.3, -0.25) is 4.79 Å². The zero-order valence-electron chi connectivity index (χ0n) is 29.6. The van der Waals surface area contributed by atoms with E-state index in [0.29, 0.717) is 54.3 Å². The second kappa shape index (κ2) is 15.1. The van der Waals surface area contributed by atoms with E-state index in [-0.39, 0.29) is 11.9 Å². The Morgan fingerprint density at radius 3 is 2.34 bits per heavy atom. The fraction of sp³-hybridized carbons (Fsp3) is 0.436. The van der Waals surface area contributed by atoms with Crippen LogP contribution >= 0.6 is 0 Å². The van der Waals surface area contributed by atoms with Crippen LogP contribution in [-0.2, 0) is 12.0 Å². The van der Waals surface area contributed by atoms with E-state index < -0.39 is 17.0 Å². The summed E-state index contributed by atoms with van der Waals surface area (Å²) < 4.78 is 47.4. The number of likely N-dealkylation sites (tertiary alicyclic amines) is 2. The summed E-state index contributed by atoms with van der Waals surface area (Å²) in [5.41, 5.74) is 3.94. The molecule has 2 aliphatic heterocycles. The summed E-state index contributed by atoms with van der Waals surface area (Å²) in [5, 5.41) is 3.73. The second-order valence-corrected chi connectivity index (χ2v) is 13.6. The van der Waals surface area contributed by atoms with Gasteiger partial charge in [-0.1, -0.05) is 29.8 Å². The van der Waals surface area contributed by atoms with Gasteiger partial charge in [0.25, 0.3) is 5.91 Å². The van der Waals surface area contributed by atoms with Gasteiger partial charge in [-0.25, -0.2) is 13.8 Å². The van der Waals surface area contributed by atoms with E-state index in [0.717, 1.165) is 56.0 Å². The van der Waals surface area contributed by atoms with Crippen molar-refractivity contribution in [2.45, 2.75) is 57.5 Å². The number of amides is 1. The van der Waals surface area contributed by atoms with Crippen molar-refractivity contribution in [2.24, 2.45) is 0 Å². The van der Waals surface area contributed by atoms with Crippen LogP contribution in [0.25, 0.3) is 11.0 Å². The number of ether oxygens (including phenoxy) is 3. The maximum atomic E-state index is 14.6. The Balaban J connectivity index is 1.15. The molecule has 11 heteroatoms. The van der Waals surface area contributed by atoms with Crippen LogP contribution in [-0.4, -0.2) is 85.4 Å². The first-order valence-electron chi connectivity index (χ1n) is 17.3. The third-order valence-electron chi connectivity index (χ3n) is 10.2. The summed E-state index contributed by atoms with van der Waals surface area (Å²) in [6, 6.07) is 16.0. The van der Waals surface area contributed by atoms with Crippen LogP contribution in [0.3, 0.4) is 0 Å². The smallest absolute Gasteiger partial charge is 0.254 e. The van der Waals surface area contributed by atoms with Crippen molar-refractivity contribution in [2.75, 3.05) is 59.4 Å². The Hall–Kier alpha value is -4.64. The highest BCUT2D eigenvalue weighted by Gasteiger charge is 2.42. The van der Waals surface area contributed by atoms with Crippen molar-refractivity contribution < 1.29 is 27.8 Å². The minimum absolute atomic E-state index is 0.184. The molecule has 2 saturated heterocycles. The Bertz CT molecular complexity index is 1840. The number of imidazole rings is 1. The minimum Gasteiger partial charge on any atom is -0.493 e. The lowest BCUT2D eigenvalue weighted by atomic mass is 9.76. The topological polar surface area (TPSA) is 81.1 Å². The van der Waals surface area contributed by atoms with E-state index in [9.17, 15) is 13.6 Å². The first-order valence-corrected chi connectivity index (χ1v) is 17.3. The van der Waals surface area contributed by atoms with Gasteiger partial charge < -0.3 is 33.9 Å². The highest BCUT2D eigenvalue weighted by atomic mass is 19.2. The molecule has 266 valence electrons. The fourth-order valence-corrected chi connectivity index (χ4v) is 7.34. The van der Waals surface area contributed by atoms with Crippen molar-refractivity contribution in [1.29, 1.82) is 0 Å². The zero-order chi connectivity index (χ0) is 35.4. The number of allylic oxidation sites excluding steroid dienone is 2. The van der Waals surface area contributed by atoms with Gasteiger partial charge in [0.15, 0.2) is 23.1 Å². The number of nitrogens with zero attached hydrogens (tertiary/aromatic N) is 4. The molecule has 1 atom stereocenters. The van der Waals surface area contributed by atoms with Gasteiger partial charge in [-0.15, -0.1) is 0 Å². The number of hydrogen-bond donors (Lipinski definition) is 1. The fourth-order valence-electron chi connectivity index (χ4n) is 7.34. The molecule has 2 fully saturated rings. The summed E-state index contributed by atoms with van der Waals surface area (Å²) in [6.45, 7) is 8.40. The SMILES string of the molecule is COc1cc(C(=O)N2CCC(CCN3CCC(Nc4nc5ccccc5n4CC=C(C)C)CC3)(c3ccc(F)c(F)c3)C2)cc(OC)c1OC. The Labute approximate surface area is 292 Å². The van der Waals surface area contributed by atoms with E-state index in [2.05, 4.69) is 40.8 Å². The first kappa shape index (κ1) is 35.2. The molecule has 0 radical (unpaired) electrons. The van der Waals surface area contributed by atoms with Crippen LogP contribution in [0.15, 0.2) is 66.2 Å². The minimum atomic E-state index is -0.879. The van der Waals surface area contributed by atoms with Crippen LogP contribution in [0, 0.1) is 11.6 Å². The lowest BCUT2D eigenvalue weighted by Crippen LogP contribution is -2.42. The molecule has 0 aliphatic carbocycles. The van der Waals surface area contributed by atoms with Gasteiger partial charge in [0, 0.05) is 49.7 Å². The summed E-state index contributed by atoms with van der Waals surface area (Å²) in [6.07, 6.45) is 5.46. The van der Waals surface area contributed by atoms with Gasteiger partial charge in [-0.2, -0.15) is 0 Å². The maximum Gasteiger partial charge on any atom is 0.254 e. The number of rotatable bonds is 12. The van der Waals surface area contributed by atoms with Crippen LogP contribution in [0.4, 0.5) is 14.7 Å². The standard InChI is InChI=1S/C39H47F2N5O4/c1-26(2)12-19-46-33-9-7-6-8-32(33)43-38(46)42-29-13-17-44(18-14-29)20-15-39(28-10-11-30(40)31(41)24-28)16-21-45(25-39)37(47)27-22-34(48-3)36(50-5)35(23-27)49-4/h6-12,22-24,29H,13-21,25H2,1-5H3,(H,42,43). The average molecular weight is 688 g/mol. The molecule has 9 nitrogen and oxygen atoms in total. The monoisotopic (exact) mass is 687 g/mol. The van der Waals surface area contributed by atoms with Crippen molar-refractivity contribution in [3.8, 4) is 17.2 Å². The predicted molar refractivity (Wildman–Crippen MR) is 192 cm³/mol. The van der Waals surface area contributed by atoms with Gasteiger partial charge in [-0.05, 0) is 88.0 Å². The summed E-state index contributed by atoms with van der Waals surface area (Å²) in [4.78, 5) is 23.0. The number of fused-ring (bicyclic) bond motifs is 1. The molecule has 1 aromatic heterocycles. The predicted octanol–water partition coefficient (Wildman–Crippen LogP) is 7.06. The Morgan fingerprint density at radius 2 is 1.68 bits per heavy atom. The molecule has 50 heavy (non-hydrogen) atoms. The third-order valence-corrected chi connectivity index (χ3v) is 10.2. The van der Waals surface area contributed by atoms with Gasteiger partial charge >= 0.3 is 0 Å². The zero-order valence-corrected chi connectivity index (χ0v) is 29.6. The highest BCUT2D eigenvalue weighted by Crippen LogP contribution is 2.42. The molecular weight excluding hydrogens is 640 g/mol. The third kappa shape index (κ3) is 7.28. The number of para-hydroxylation sites is 2. The first-order chi connectivity index (χ1) is 24.1. The Morgan fingerprint density at radius 1 is 0.960 bits per heavy atom. The molecule has 1 amide bonds. The van der Waals surface area contributed by atoms with Gasteiger partial charge in [0.2, 0.25) is 11.7 Å². The van der Waals surface area contributed by atoms with E-state index in [1.165, 1.54) is 39.0 Å². The number of piperidine rings is 1. The molecule has 0 bridgehead atoms. The van der Waals surface area contributed by atoms with Crippen LogP contribution in [0.5, 0.6) is 17.2 Å². The number of carbonyl (C=O) groups excluding carboxylic acids is 1. The number of methoxy groups -OCH3 is 3. The van der Waals surface area contributed by atoms with Crippen molar-refractivity contribution in [3.05, 3.63) is 89.0 Å². The summed E-state index contributed by atoms with van der Waals surface area (Å²) >= 11 is 0. The molecule has 1 unspecified atom stereocenters. The van der Waals surface area contributed by atoms with Crippen molar-refractivity contribution >= 4 is 22.9 Å². The van der Waals surface area contributed by atoms with E-state index in [1.54, 1.807) is 23.1 Å². The lowest BCUT2D eigenvalue weighted by molar-refractivity contribution is 0.0779. The number of halogens is 2. The van der Waals surface area contributed by atoms with Crippen LogP contribution in [0.2, 0.25) is 0 Å². The number of benzene rings is 3. The molecule has 0 saturated carbocycles. The van der Waals surface area contributed by atoms with Crippen molar-refractivity contribution in [3.63, 3.8) is 0 Å². The summed E-state index contributed by atoms with van der Waals surface area (Å²) in [5.74, 6) is 0.146. The quantitative estimate of drug-likeness (QED) is 0.160. The largest absolute Gasteiger partial charge is 0.493 e. The van der Waals surface area contributed by atoms with Crippen LogP contribution in [0.1, 0.15) is 55.5 Å². The number of anilines is 1. The molecule has 0 spiro atoms. The van der Waals surface area contributed by atoms with Crippen molar-refractivity contribution in [1.82, 2.24) is 19.4 Å². The summed E-state index contributed by atoms with van der Waals surface area (Å²) in [7, 11) is 4.54. The average Bonchev–Trinajstić information content (AvgIpc) is 3.72. The second-order valence-electron chi connectivity index (χ2n) is 13.6. The molecule has 1 N–H and O–H groups in total. The molecule has 2 aliphatic rings. The highest BCUT2D eigenvalue weighted by molar-refractivity contribution is 5.96. The van der Waals surface area contributed by atoms with E-state index in [4.69, 9.17) is 19.2 Å². The van der Waals surface area contributed by atoms with Gasteiger partial charge in [0.05, 0.1) is 32.4 Å². The normalized spacial score (nSPS) is 18.3. The number of hydrogen-bond acceptors (Lipinski definition) is 7. The Kier molecular flexibility index (Phi) is 10.6. The molecule has 3 heterocycles. The number of nitrogens with one attached hydrogen (secondary N) is 1. The molecular formula is C39H47F2N5O4. The maximum absolute atomic E-state index is 14.6.